The van der Waals surface area contributed by atoms with E-state index in [9.17, 15) is 19.2 Å². The van der Waals surface area contributed by atoms with Crippen molar-refractivity contribution in [1.82, 2.24) is 0 Å². The standard InChI is InChI=1S/C15H20O2.C14H19NO2.2C13H17NO2.2C13H17NO.C11H20O4.C9H17NO2/c1-5-12(4)14-8-6-13(7-9-14)10-17-15(16)11(2)3;1-3-12(2)17-9-8-16-11-14-6-4-13(10-15)5-7-14;2*1-3-11(2)15-8-9-16-13-6-4-12(10-14)5-7-13;2*1-4-10(3)11-6-8-12(9-7-11)14-13(15)5-2;1-4-10(3)14-8-6-13-7-9-15-11(12)5-2;1-3-9(2)12-8-7-11-6-4-5-10/h6-9,12H,2,5,10H2,1,3-4H3;4-7,12H,3,8-9,11H2,1-2H3;2*4-7,11H,3,8-9H2,1-2H3;2*5-10H,2,4H2,1,3H3,(H,14,15);5,10H,2,4,6-9H2,1,3H3;9H,3-4,6-8H2,1-2H3. The number of hydrogen-bond acceptors (Lipinski definition) is 20. The van der Waals surface area contributed by atoms with Crippen LogP contribution in [0.4, 0.5) is 11.4 Å². The maximum absolute atomic E-state index is 11.2. The predicted molar refractivity (Wildman–Crippen MR) is 493 cm³/mol. The summed E-state index contributed by atoms with van der Waals surface area (Å²) >= 11 is 0. The molecule has 0 aromatic heterocycles. The van der Waals surface area contributed by atoms with Gasteiger partial charge in [-0.2, -0.15) is 21.0 Å². The van der Waals surface area contributed by atoms with E-state index in [1.54, 1.807) is 67.6 Å². The summed E-state index contributed by atoms with van der Waals surface area (Å²) in [5.41, 5.74) is 10.0. The van der Waals surface area contributed by atoms with Crippen molar-refractivity contribution in [3.05, 3.63) is 240 Å². The Morgan fingerprint density at radius 1 is 0.358 bits per heavy atom. The van der Waals surface area contributed by atoms with Crippen LogP contribution in [0, 0.1) is 45.3 Å². The van der Waals surface area contributed by atoms with Crippen LogP contribution in [0.1, 0.15) is 238 Å². The normalized spacial score (nSPS) is 12.0. The minimum atomic E-state index is -0.422. The third-order valence-electron chi connectivity index (χ3n) is 18.6. The Labute approximate surface area is 737 Å². The molecular weight excluding hydrogens is 1550 g/mol. The molecule has 0 spiro atoms. The second-order valence-electron chi connectivity index (χ2n) is 28.4. The zero-order valence-corrected chi connectivity index (χ0v) is 76.8. The van der Waals surface area contributed by atoms with Crippen molar-refractivity contribution < 1.29 is 76.0 Å². The summed E-state index contributed by atoms with van der Waals surface area (Å²) in [6.07, 6.45) is 14.0. The number of nitrogens with zero attached hydrogens (tertiary/aromatic N) is 4. The third-order valence-corrected chi connectivity index (χ3v) is 18.6. The first-order chi connectivity index (χ1) is 59.2. The fourth-order valence-corrected chi connectivity index (χ4v) is 9.13. The van der Waals surface area contributed by atoms with Crippen molar-refractivity contribution in [2.75, 3.05) is 96.5 Å². The average molecular weight is 1700 g/mol. The average Bonchev–Trinajstić information content (AvgIpc) is 0.899. The largest absolute Gasteiger partial charge is 0.491 e. The van der Waals surface area contributed by atoms with E-state index in [4.69, 9.17) is 77.9 Å². The molecule has 22 heteroatoms. The smallest absolute Gasteiger partial charge is 0.333 e. The van der Waals surface area contributed by atoms with Gasteiger partial charge in [0, 0.05) is 23.0 Å². The maximum Gasteiger partial charge on any atom is 0.333 e. The van der Waals surface area contributed by atoms with Crippen LogP contribution in [0.15, 0.2) is 196 Å². The molecular formula is C101H144N6O16. The highest BCUT2D eigenvalue weighted by atomic mass is 16.6. The van der Waals surface area contributed by atoms with Crippen LogP contribution in [0.3, 0.4) is 0 Å². The van der Waals surface area contributed by atoms with Gasteiger partial charge in [-0.05, 0) is 236 Å². The molecule has 0 heterocycles. The second-order valence-corrected chi connectivity index (χ2v) is 28.4. The van der Waals surface area contributed by atoms with Crippen molar-refractivity contribution in [1.29, 1.82) is 21.0 Å². The van der Waals surface area contributed by atoms with Crippen molar-refractivity contribution in [3.8, 4) is 35.8 Å². The molecule has 0 bridgehead atoms. The molecule has 0 radical (unpaired) electrons. The Morgan fingerprint density at radius 2 is 0.659 bits per heavy atom. The molecule has 0 saturated heterocycles. The molecule has 6 aromatic carbocycles. The number of carbonyl (C=O) groups excluding carboxylic acids is 4. The molecule has 6 rings (SSSR count). The number of carbonyl (C=O) groups is 4. The summed E-state index contributed by atoms with van der Waals surface area (Å²) in [5, 5.41) is 39.5. The highest BCUT2D eigenvalue weighted by Gasteiger charge is 2.10. The highest BCUT2D eigenvalue weighted by Crippen LogP contribution is 2.23. The number of amides is 2. The van der Waals surface area contributed by atoms with Crippen molar-refractivity contribution in [3.63, 3.8) is 0 Å². The number of ether oxygens (including phenoxy) is 12. The van der Waals surface area contributed by atoms with Gasteiger partial charge in [0.25, 0.3) is 0 Å². The maximum atomic E-state index is 11.2. The van der Waals surface area contributed by atoms with Crippen molar-refractivity contribution in [2.45, 2.75) is 237 Å². The van der Waals surface area contributed by atoms with Crippen molar-refractivity contribution in [2.24, 2.45) is 0 Å². The summed E-state index contributed by atoms with van der Waals surface area (Å²) in [7, 11) is 0. The topological polar surface area (TPSA) is 298 Å². The number of nitrogens with one attached hydrogen (secondary N) is 2. The number of anilines is 2. The Kier molecular flexibility index (Phi) is 71.0. The zero-order valence-electron chi connectivity index (χ0n) is 76.8. The van der Waals surface area contributed by atoms with Crippen LogP contribution in [-0.2, 0) is 79.8 Å². The Morgan fingerprint density at radius 3 is 0.967 bits per heavy atom. The van der Waals surface area contributed by atoms with Crippen LogP contribution in [0.25, 0.3) is 0 Å². The van der Waals surface area contributed by atoms with Gasteiger partial charge in [-0.25, -0.2) is 9.59 Å². The fourth-order valence-electron chi connectivity index (χ4n) is 9.13. The minimum absolute atomic E-state index is 0.175. The minimum Gasteiger partial charge on any atom is -0.491 e. The molecule has 0 aliphatic carbocycles. The molecule has 2 amide bonds. The molecule has 0 aliphatic rings. The van der Waals surface area contributed by atoms with E-state index >= 15 is 0 Å². The van der Waals surface area contributed by atoms with Gasteiger partial charge >= 0.3 is 11.9 Å². The van der Waals surface area contributed by atoms with Gasteiger partial charge < -0.3 is 67.5 Å². The number of hydrogen-bond donors (Lipinski definition) is 2. The van der Waals surface area contributed by atoms with E-state index in [1.165, 1.54) is 28.8 Å². The Balaban J connectivity index is 0. The summed E-state index contributed by atoms with van der Waals surface area (Å²) < 4.78 is 63.7. The van der Waals surface area contributed by atoms with E-state index in [2.05, 4.69) is 150 Å². The van der Waals surface area contributed by atoms with Gasteiger partial charge in [-0.3, -0.25) is 9.59 Å². The second kappa shape index (κ2) is 76.3. The number of rotatable bonds is 48. The Bertz CT molecular complexity index is 3780. The van der Waals surface area contributed by atoms with Crippen LogP contribution >= 0.6 is 0 Å². The molecule has 0 aliphatic heterocycles. The predicted octanol–water partition coefficient (Wildman–Crippen LogP) is 22.1. The fraction of sp³-hybridized carbons (Fsp3) is 0.485. The van der Waals surface area contributed by atoms with E-state index < -0.39 is 5.97 Å². The summed E-state index contributed by atoms with van der Waals surface area (Å²) in [6.45, 7) is 56.8. The van der Waals surface area contributed by atoms with Crippen LogP contribution in [0.5, 0.6) is 11.5 Å². The lowest BCUT2D eigenvalue weighted by Crippen LogP contribution is -2.14. The first-order valence-corrected chi connectivity index (χ1v) is 42.9. The summed E-state index contributed by atoms with van der Waals surface area (Å²) in [4.78, 5) is 43.9. The van der Waals surface area contributed by atoms with E-state index in [-0.39, 0.29) is 42.7 Å². The quantitative estimate of drug-likeness (QED) is 0.0204. The lowest BCUT2D eigenvalue weighted by molar-refractivity contribution is -0.140. The number of esters is 2. The zero-order chi connectivity index (χ0) is 92.2. The molecule has 22 nitrogen and oxygen atoms in total. The van der Waals surface area contributed by atoms with Crippen LogP contribution in [0.2, 0.25) is 0 Å². The Hall–Kier alpha value is -10.6. The van der Waals surface area contributed by atoms with Gasteiger partial charge in [0.2, 0.25) is 11.8 Å². The highest BCUT2D eigenvalue weighted by molar-refractivity contribution is 5.99. The summed E-state index contributed by atoms with van der Waals surface area (Å²) in [6, 6.07) is 53.9. The van der Waals surface area contributed by atoms with Gasteiger partial charge in [0.15, 0.2) is 0 Å². The first-order valence-electron chi connectivity index (χ1n) is 42.9. The van der Waals surface area contributed by atoms with Crippen molar-refractivity contribution >= 4 is 35.1 Å². The number of nitriles is 4. The molecule has 0 fully saturated rings. The molecule has 123 heavy (non-hydrogen) atoms. The molecule has 8 unspecified atom stereocenters. The molecule has 0 saturated carbocycles. The van der Waals surface area contributed by atoms with Gasteiger partial charge in [0.1, 0.15) is 37.9 Å². The third kappa shape index (κ3) is 62.2. The first kappa shape index (κ1) is 114. The summed E-state index contributed by atoms with van der Waals surface area (Å²) in [5.74, 6) is 2.13. The monoisotopic (exact) mass is 1700 g/mol. The lowest BCUT2D eigenvalue weighted by atomic mass is 9.98. The molecule has 674 valence electrons. The van der Waals surface area contributed by atoms with Crippen LogP contribution in [-0.4, -0.2) is 140 Å². The van der Waals surface area contributed by atoms with Gasteiger partial charge in [-0.1, -0.05) is 163 Å². The van der Waals surface area contributed by atoms with Gasteiger partial charge in [0.05, 0.1) is 151 Å². The number of benzene rings is 6. The van der Waals surface area contributed by atoms with E-state index in [0.29, 0.717) is 151 Å². The lowest BCUT2D eigenvalue weighted by Gasteiger charge is -2.11. The van der Waals surface area contributed by atoms with E-state index in [0.717, 1.165) is 91.4 Å². The molecule has 2 N–H and O–H groups in total. The molecule has 8 atom stereocenters. The van der Waals surface area contributed by atoms with Crippen LogP contribution < -0.4 is 20.1 Å². The molecule has 6 aromatic rings. The van der Waals surface area contributed by atoms with Gasteiger partial charge in [-0.15, -0.1) is 0 Å². The van der Waals surface area contributed by atoms with E-state index in [1.807, 2.05) is 107 Å². The SMILES string of the molecule is C=C(C)C(=O)OCc1ccc(C(C)CC)cc1.C=CC(=O)Nc1ccc(C(C)CC)cc1.C=CC(=O)Nc1ccc(C(C)CC)cc1.C=CC(=O)OCCOCCOC(C)CC.CCC(C)OCCOCCC#N.CCC(C)OCCOCc1ccc(C#N)cc1.CCC(C)OCCOc1ccc(C#N)cc1.CCC(C)OCCOc1ccc(C#N)cc1.